The van der Waals surface area contributed by atoms with Crippen LogP contribution in [0.1, 0.15) is 69.4 Å². The number of aldehydes is 1. The van der Waals surface area contributed by atoms with Gasteiger partial charge in [0.2, 0.25) is 0 Å². The molecule has 0 radical (unpaired) electrons. The van der Waals surface area contributed by atoms with Gasteiger partial charge in [0.25, 0.3) is 0 Å². The van der Waals surface area contributed by atoms with Gasteiger partial charge in [-0.15, -0.1) is 0 Å². The van der Waals surface area contributed by atoms with Gasteiger partial charge in [-0.05, 0) is 91.8 Å². The number of carbonyl (C=O) groups excluding carboxylic acids is 2. The van der Waals surface area contributed by atoms with Crippen molar-refractivity contribution in [2.75, 3.05) is 26.6 Å². The molecule has 0 saturated heterocycles. The Balaban J connectivity index is 1.90. The molecule has 0 heterocycles. The largest absolute Gasteiger partial charge is 0.504 e. The molecule has 9 heteroatoms. The van der Waals surface area contributed by atoms with Crippen LogP contribution >= 0.6 is 0 Å². The minimum atomic E-state index is -0.498. The Bertz CT molecular complexity index is 1300. The zero-order valence-corrected chi connectivity index (χ0v) is 25.9. The summed E-state index contributed by atoms with van der Waals surface area (Å²) in [4.78, 5) is 29.0. The molecule has 2 atom stereocenters. The molecular formula is C34H47N3O6. The summed E-state index contributed by atoms with van der Waals surface area (Å²) in [5.74, 6) is 1.28. The molecule has 1 aliphatic rings. The van der Waals surface area contributed by atoms with Crippen molar-refractivity contribution in [3.63, 3.8) is 0 Å². The van der Waals surface area contributed by atoms with E-state index in [-0.39, 0.29) is 35.1 Å². The van der Waals surface area contributed by atoms with Crippen LogP contribution in [0.2, 0.25) is 0 Å². The molecule has 0 aromatic heterocycles. The van der Waals surface area contributed by atoms with E-state index in [1.165, 1.54) is 14.2 Å². The summed E-state index contributed by atoms with van der Waals surface area (Å²) in [5.41, 5.74) is 7.61. The van der Waals surface area contributed by atoms with Gasteiger partial charge in [0, 0.05) is 18.9 Å². The summed E-state index contributed by atoms with van der Waals surface area (Å²) in [6, 6.07) is 8.90. The molecule has 9 nitrogen and oxygen atoms in total. The Morgan fingerprint density at radius 2 is 1.79 bits per heavy atom. The summed E-state index contributed by atoms with van der Waals surface area (Å²) < 4.78 is 10.7. The second kappa shape index (κ2) is 16.0. The zero-order chi connectivity index (χ0) is 31.4. The second-order valence-electron chi connectivity index (χ2n) is 11.5. The van der Waals surface area contributed by atoms with Crippen molar-refractivity contribution >= 4 is 23.7 Å². The number of nitrogens with one attached hydrogen (secondary N) is 1. The van der Waals surface area contributed by atoms with Gasteiger partial charge in [0.05, 0.1) is 19.9 Å². The monoisotopic (exact) mass is 593 g/mol. The average Bonchev–Trinajstić information content (AvgIpc) is 3.49. The van der Waals surface area contributed by atoms with Gasteiger partial charge in [-0.2, -0.15) is 0 Å². The van der Waals surface area contributed by atoms with E-state index in [2.05, 4.69) is 17.2 Å². The molecule has 2 aromatic carbocycles. The average molecular weight is 594 g/mol. The van der Waals surface area contributed by atoms with Crippen LogP contribution in [-0.2, 0) is 22.4 Å². The van der Waals surface area contributed by atoms with Crippen molar-refractivity contribution in [2.45, 2.75) is 71.1 Å². The Morgan fingerprint density at radius 1 is 1.09 bits per heavy atom. The van der Waals surface area contributed by atoms with Crippen LogP contribution in [0.3, 0.4) is 0 Å². The number of phenolic OH excluding ortho intramolecular Hbond substituents is 2. The van der Waals surface area contributed by atoms with Crippen molar-refractivity contribution in [3.8, 4) is 23.0 Å². The standard InChI is InChI=1S/C34H47N3O6/c1-5-23(14-17-38)8-9-24(18-26-19-27(37-33(35)36-2)32(41)30(21-26)43-4)11-13-31(40)34(15-6-7-16-34)22-25-10-12-28(39)29(20-25)42-3/h10-13,17,19-21,23-24,39,41H,5-9,14-16,18,22H2,1-4H3,(H3,35,36,37)/b13-11+/t23-,24-/m1/s1. The van der Waals surface area contributed by atoms with Gasteiger partial charge >= 0.3 is 0 Å². The van der Waals surface area contributed by atoms with E-state index in [9.17, 15) is 19.8 Å². The van der Waals surface area contributed by atoms with Crippen LogP contribution in [0.25, 0.3) is 0 Å². The van der Waals surface area contributed by atoms with E-state index >= 15 is 0 Å². The predicted octanol–water partition coefficient (Wildman–Crippen LogP) is 5.95. The van der Waals surface area contributed by atoms with Crippen LogP contribution in [0.15, 0.2) is 47.5 Å². The number of allylic oxidation sites excluding steroid dienone is 2. The topological polar surface area (TPSA) is 143 Å². The number of methoxy groups -OCH3 is 2. The molecule has 3 rings (SSSR count). The fraction of sp³-hybridized carbons (Fsp3) is 0.500. The first-order valence-corrected chi connectivity index (χ1v) is 15.1. The number of aromatic hydroxyl groups is 2. The number of aliphatic imine (C=N–C) groups is 1. The number of ketones is 1. The number of hydrogen-bond acceptors (Lipinski definition) is 7. The van der Waals surface area contributed by atoms with E-state index in [4.69, 9.17) is 15.2 Å². The maximum absolute atomic E-state index is 13.9. The smallest absolute Gasteiger partial charge is 0.192 e. The van der Waals surface area contributed by atoms with Gasteiger partial charge < -0.3 is 35.5 Å². The molecule has 0 spiro atoms. The molecular weight excluding hydrogens is 546 g/mol. The number of carbonyl (C=O) groups is 2. The summed E-state index contributed by atoms with van der Waals surface area (Å²) in [7, 11) is 4.56. The normalized spacial score (nSPS) is 16.1. The molecule has 0 aliphatic heterocycles. The molecule has 0 amide bonds. The Labute approximate surface area is 255 Å². The number of hydrogen-bond donors (Lipinski definition) is 4. The minimum Gasteiger partial charge on any atom is -0.504 e. The van der Waals surface area contributed by atoms with Crippen molar-refractivity contribution in [2.24, 2.45) is 28.0 Å². The van der Waals surface area contributed by atoms with Crippen molar-refractivity contribution in [3.05, 3.63) is 53.6 Å². The molecule has 0 bridgehead atoms. The number of phenols is 2. The molecule has 234 valence electrons. The van der Waals surface area contributed by atoms with Gasteiger partial charge in [0.15, 0.2) is 34.7 Å². The maximum Gasteiger partial charge on any atom is 0.192 e. The molecule has 5 N–H and O–H groups in total. The fourth-order valence-corrected chi connectivity index (χ4v) is 6.06. The van der Waals surface area contributed by atoms with E-state index in [1.807, 2.05) is 24.3 Å². The van der Waals surface area contributed by atoms with Gasteiger partial charge in [-0.25, -0.2) is 0 Å². The summed E-state index contributed by atoms with van der Waals surface area (Å²) in [6.45, 7) is 2.09. The Hall–Kier alpha value is -4.01. The first-order chi connectivity index (χ1) is 20.7. The molecule has 2 aromatic rings. The van der Waals surface area contributed by atoms with Gasteiger partial charge in [-0.1, -0.05) is 38.3 Å². The highest BCUT2D eigenvalue weighted by atomic mass is 16.5. The SMILES string of the molecule is CC[C@@H](CC=O)CC[C@H](/C=C/C(=O)C1(Cc2ccc(O)c(OC)c2)CCCC1)Cc1cc(NC(N)=NC)c(O)c(OC)c1. The summed E-state index contributed by atoms with van der Waals surface area (Å²) >= 11 is 0. The van der Waals surface area contributed by atoms with Gasteiger partial charge in [-0.3, -0.25) is 9.79 Å². The molecule has 43 heavy (non-hydrogen) atoms. The molecule has 1 fully saturated rings. The molecule has 1 aliphatic carbocycles. The molecule has 1 saturated carbocycles. The first kappa shape index (κ1) is 33.5. The number of ether oxygens (including phenoxy) is 2. The fourth-order valence-electron chi connectivity index (χ4n) is 6.06. The van der Waals surface area contributed by atoms with Crippen LogP contribution in [0.4, 0.5) is 5.69 Å². The van der Waals surface area contributed by atoms with Gasteiger partial charge in [0.1, 0.15) is 6.29 Å². The zero-order valence-electron chi connectivity index (χ0n) is 25.9. The van der Waals surface area contributed by atoms with E-state index in [0.717, 1.165) is 62.4 Å². The highest BCUT2D eigenvalue weighted by molar-refractivity contribution is 5.95. The lowest BCUT2D eigenvalue weighted by molar-refractivity contribution is -0.123. The number of nitrogens with two attached hydrogens (primary N) is 1. The Morgan fingerprint density at radius 3 is 2.42 bits per heavy atom. The second-order valence-corrected chi connectivity index (χ2v) is 11.5. The minimum absolute atomic E-state index is 0.0103. The van der Waals surface area contributed by atoms with E-state index in [1.54, 1.807) is 25.3 Å². The lowest BCUT2D eigenvalue weighted by Crippen LogP contribution is -2.29. The number of guanidine groups is 1. The number of nitrogens with zero attached hydrogens (tertiary/aromatic N) is 1. The third kappa shape index (κ3) is 8.99. The Kier molecular flexibility index (Phi) is 12.5. The third-order valence-corrected chi connectivity index (χ3v) is 8.70. The van der Waals surface area contributed by atoms with E-state index in [0.29, 0.717) is 36.4 Å². The highest BCUT2D eigenvalue weighted by Crippen LogP contribution is 2.43. The van der Waals surface area contributed by atoms with Crippen molar-refractivity contribution in [1.29, 1.82) is 0 Å². The number of rotatable bonds is 16. The van der Waals surface area contributed by atoms with Crippen LogP contribution in [-0.4, -0.2) is 49.5 Å². The van der Waals surface area contributed by atoms with E-state index < -0.39 is 5.41 Å². The third-order valence-electron chi connectivity index (χ3n) is 8.70. The summed E-state index contributed by atoms with van der Waals surface area (Å²) in [6.07, 6.45) is 12.6. The quantitative estimate of drug-likeness (QED) is 0.0614. The highest BCUT2D eigenvalue weighted by Gasteiger charge is 2.39. The van der Waals surface area contributed by atoms with Crippen molar-refractivity contribution in [1.82, 2.24) is 0 Å². The van der Waals surface area contributed by atoms with Crippen LogP contribution in [0.5, 0.6) is 23.0 Å². The van der Waals surface area contributed by atoms with Crippen molar-refractivity contribution < 1.29 is 29.3 Å². The lowest BCUT2D eigenvalue weighted by Gasteiger charge is -2.27. The number of benzene rings is 2. The van der Waals surface area contributed by atoms with Crippen LogP contribution < -0.4 is 20.5 Å². The van der Waals surface area contributed by atoms with Crippen LogP contribution in [0, 0.1) is 17.3 Å². The molecule has 0 unspecified atom stereocenters. The lowest BCUT2D eigenvalue weighted by atomic mass is 9.75. The predicted molar refractivity (Wildman–Crippen MR) is 170 cm³/mol. The summed E-state index contributed by atoms with van der Waals surface area (Å²) in [5, 5.41) is 23.6. The first-order valence-electron chi connectivity index (χ1n) is 15.1. The maximum atomic E-state index is 13.9. The number of anilines is 1.